The van der Waals surface area contributed by atoms with Crippen LogP contribution in [-0.4, -0.2) is 19.9 Å². The number of hydrogen-bond acceptors (Lipinski definition) is 5. The summed E-state index contributed by atoms with van der Waals surface area (Å²) in [7, 11) is 0. The molecule has 0 saturated carbocycles. The molecule has 3 rings (SSSR count). The van der Waals surface area contributed by atoms with Gasteiger partial charge in [-0.1, -0.05) is 0 Å². The van der Waals surface area contributed by atoms with Gasteiger partial charge >= 0.3 is 0 Å². The van der Waals surface area contributed by atoms with Crippen molar-refractivity contribution in [2.24, 2.45) is 0 Å². The van der Waals surface area contributed by atoms with Crippen molar-refractivity contribution in [1.82, 2.24) is 19.9 Å². The Morgan fingerprint density at radius 1 is 1.30 bits per heavy atom. The lowest BCUT2D eigenvalue weighted by molar-refractivity contribution is 0.565. The van der Waals surface area contributed by atoms with E-state index >= 15 is 0 Å². The molecule has 0 saturated heterocycles. The molecule has 0 radical (unpaired) electrons. The molecule has 2 N–H and O–H groups in total. The largest absolute Gasteiger partial charge is 0.336 e. The maximum absolute atomic E-state index is 14.4. The first kappa shape index (κ1) is 12.8. The quantitative estimate of drug-likeness (QED) is 0.557. The molecule has 0 unspecified atom stereocenters. The van der Waals surface area contributed by atoms with Crippen molar-refractivity contribution in [2.45, 2.75) is 11.6 Å². The number of hydrogen-bond donors (Lipinski definition) is 2. The van der Waals surface area contributed by atoms with Gasteiger partial charge in [-0.15, -0.1) is 22.8 Å². The first-order valence-corrected chi connectivity index (χ1v) is 6.12. The molecule has 0 bridgehead atoms. The average Bonchev–Trinajstić information content (AvgIpc) is 2.75. The molecule has 20 heavy (non-hydrogen) atoms. The first-order chi connectivity index (χ1) is 9.58. The van der Waals surface area contributed by atoms with Crippen LogP contribution in [-0.2, 0) is 6.42 Å². The third-order valence-electron chi connectivity index (χ3n) is 2.97. The normalized spacial score (nSPS) is 11.2. The van der Waals surface area contributed by atoms with Crippen LogP contribution in [0.15, 0.2) is 29.6 Å². The van der Waals surface area contributed by atoms with Crippen LogP contribution in [0.5, 0.6) is 0 Å². The van der Waals surface area contributed by atoms with Crippen molar-refractivity contribution in [3.63, 3.8) is 0 Å². The summed E-state index contributed by atoms with van der Waals surface area (Å²) in [5, 5.41) is 7.78. The Labute approximate surface area is 117 Å². The van der Waals surface area contributed by atoms with Gasteiger partial charge in [-0.05, 0) is 12.1 Å². The first-order valence-electron chi connectivity index (χ1n) is 5.68. The number of pyridine rings is 1. The lowest BCUT2D eigenvalue weighted by Gasteiger charge is -2.07. The van der Waals surface area contributed by atoms with Crippen LogP contribution < -0.4 is 5.84 Å². The Balaban J connectivity index is 2.14. The Kier molecular flexibility index (Phi) is 3.01. The molecule has 102 valence electrons. The van der Waals surface area contributed by atoms with E-state index in [0.29, 0.717) is 0 Å². The summed E-state index contributed by atoms with van der Waals surface area (Å²) in [6.45, 7) is 0. The van der Waals surface area contributed by atoms with Gasteiger partial charge in [0.05, 0.1) is 5.52 Å². The summed E-state index contributed by atoms with van der Waals surface area (Å²) in [5.74, 6) is 4.47. The van der Waals surface area contributed by atoms with E-state index in [-0.39, 0.29) is 33.9 Å². The number of fused-ring (bicyclic) bond motifs is 1. The highest BCUT2D eigenvalue weighted by Crippen LogP contribution is 2.24. The summed E-state index contributed by atoms with van der Waals surface area (Å²) in [6, 6.07) is 4.31. The average molecular weight is 293 g/mol. The molecule has 5 nitrogen and oxygen atoms in total. The maximum atomic E-state index is 14.4. The van der Waals surface area contributed by atoms with Crippen LogP contribution in [0.2, 0.25) is 0 Å². The van der Waals surface area contributed by atoms with Crippen molar-refractivity contribution in [3.8, 4) is 0 Å². The molecule has 2 heterocycles. The van der Waals surface area contributed by atoms with Gasteiger partial charge in [0.1, 0.15) is 11.6 Å². The van der Waals surface area contributed by atoms with E-state index in [1.807, 2.05) is 0 Å². The van der Waals surface area contributed by atoms with Crippen LogP contribution in [0.3, 0.4) is 0 Å². The molecule has 1 aromatic carbocycles. The molecule has 2 aromatic heterocycles. The number of aromatic nitrogens is 4. The Morgan fingerprint density at radius 3 is 2.80 bits per heavy atom. The second kappa shape index (κ2) is 4.71. The van der Waals surface area contributed by atoms with Gasteiger partial charge in [-0.3, -0.25) is 4.98 Å². The molecular weight excluding hydrogens is 284 g/mol. The summed E-state index contributed by atoms with van der Waals surface area (Å²) in [5.41, 5.74) is 0.133. The molecule has 0 aliphatic rings. The maximum Gasteiger partial charge on any atom is 0.206 e. The molecule has 0 spiro atoms. The number of thiol groups is 1. The van der Waals surface area contributed by atoms with Gasteiger partial charge in [0.25, 0.3) is 0 Å². The Hall–Kier alpha value is -2.22. The van der Waals surface area contributed by atoms with Crippen LogP contribution in [0.4, 0.5) is 8.78 Å². The highest BCUT2D eigenvalue weighted by Gasteiger charge is 2.17. The van der Waals surface area contributed by atoms with Crippen LogP contribution in [0.25, 0.3) is 10.9 Å². The zero-order valence-electron chi connectivity index (χ0n) is 10.1. The van der Waals surface area contributed by atoms with E-state index in [1.54, 1.807) is 6.07 Å². The monoisotopic (exact) mass is 293 g/mol. The SMILES string of the molecule is Nn1c(S)nnc1Cc1c(F)cc2ncccc2c1F. The third kappa shape index (κ3) is 1.97. The fourth-order valence-corrected chi connectivity index (χ4v) is 2.11. The highest BCUT2D eigenvalue weighted by atomic mass is 32.1. The van der Waals surface area contributed by atoms with Gasteiger partial charge in [-0.25, -0.2) is 13.5 Å². The smallest absolute Gasteiger partial charge is 0.206 e. The zero-order valence-corrected chi connectivity index (χ0v) is 11.0. The molecule has 0 amide bonds. The molecule has 0 fully saturated rings. The minimum absolute atomic E-state index is 0.118. The van der Waals surface area contributed by atoms with E-state index in [1.165, 1.54) is 18.3 Å². The van der Waals surface area contributed by atoms with Gasteiger partial charge in [-0.2, -0.15) is 0 Å². The van der Waals surface area contributed by atoms with E-state index in [2.05, 4.69) is 27.8 Å². The Morgan fingerprint density at radius 2 is 2.10 bits per heavy atom. The predicted octanol–water partition coefficient (Wildman–Crippen LogP) is 1.70. The highest BCUT2D eigenvalue weighted by molar-refractivity contribution is 7.80. The lowest BCUT2D eigenvalue weighted by Crippen LogP contribution is -2.14. The van der Waals surface area contributed by atoms with E-state index in [0.717, 1.165) is 4.68 Å². The van der Waals surface area contributed by atoms with Crippen molar-refractivity contribution in [2.75, 3.05) is 5.84 Å². The standard InChI is InChI=1S/C12H9F2N5S/c13-8-5-9-6(2-1-3-16-9)11(14)7(8)4-10-17-18-12(20)19(10)15/h1-3,5H,4,15H2,(H,18,20). The minimum Gasteiger partial charge on any atom is -0.336 e. The summed E-state index contributed by atoms with van der Waals surface area (Å²) >= 11 is 3.96. The van der Waals surface area contributed by atoms with E-state index in [9.17, 15) is 8.78 Å². The number of halogens is 2. The van der Waals surface area contributed by atoms with Crippen molar-refractivity contribution in [1.29, 1.82) is 0 Å². The molecule has 0 aliphatic carbocycles. The second-order valence-electron chi connectivity index (χ2n) is 4.18. The van der Waals surface area contributed by atoms with Crippen LogP contribution in [0, 0.1) is 11.6 Å². The molecule has 3 aromatic rings. The number of nitrogens with two attached hydrogens (primary N) is 1. The van der Waals surface area contributed by atoms with Crippen LogP contribution >= 0.6 is 12.6 Å². The van der Waals surface area contributed by atoms with Gasteiger partial charge in [0.2, 0.25) is 5.16 Å². The van der Waals surface area contributed by atoms with Gasteiger partial charge in [0.15, 0.2) is 5.82 Å². The molecule has 0 aliphatic heterocycles. The topological polar surface area (TPSA) is 69.6 Å². The van der Waals surface area contributed by atoms with E-state index < -0.39 is 11.6 Å². The van der Waals surface area contributed by atoms with Crippen molar-refractivity contribution < 1.29 is 8.78 Å². The predicted molar refractivity (Wildman–Crippen MR) is 71.9 cm³/mol. The zero-order chi connectivity index (χ0) is 14.3. The third-order valence-corrected chi connectivity index (χ3v) is 3.28. The number of nitrogen functional groups attached to an aromatic ring is 1. The number of benzene rings is 1. The van der Waals surface area contributed by atoms with Gasteiger partial charge in [0, 0.05) is 29.6 Å². The van der Waals surface area contributed by atoms with Crippen LogP contribution in [0.1, 0.15) is 11.4 Å². The fourth-order valence-electron chi connectivity index (χ4n) is 1.95. The Bertz CT molecular complexity index is 802. The van der Waals surface area contributed by atoms with Crippen molar-refractivity contribution >= 4 is 23.5 Å². The van der Waals surface area contributed by atoms with Gasteiger partial charge < -0.3 is 5.84 Å². The number of rotatable bonds is 2. The summed E-state index contributed by atoms with van der Waals surface area (Å²) in [4.78, 5) is 3.92. The minimum atomic E-state index is -0.697. The molecule has 8 heteroatoms. The molecular formula is C12H9F2N5S. The molecule has 0 atom stereocenters. The lowest BCUT2D eigenvalue weighted by atomic mass is 10.1. The fraction of sp³-hybridized carbons (Fsp3) is 0.0833. The van der Waals surface area contributed by atoms with E-state index in [4.69, 9.17) is 5.84 Å². The summed E-state index contributed by atoms with van der Waals surface area (Å²) < 4.78 is 29.4. The summed E-state index contributed by atoms with van der Waals surface area (Å²) in [6.07, 6.45) is 1.36. The second-order valence-corrected chi connectivity index (χ2v) is 4.58. The van der Waals surface area contributed by atoms with Crippen molar-refractivity contribution in [3.05, 3.63) is 47.4 Å². The number of nitrogens with zero attached hydrogens (tertiary/aromatic N) is 4.